The molecule has 3 rings (SSSR count). The number of carbonyl (C=O) groups excluding carboxylic acids is 1. The van der Waals surface area contributed by atoms with Gasteiger partial charge in [-0.1, -0.05) is 72.9 Å². The maximum absolute atomic E-state index is 13.1. The van der Waals surface area contributed by atoms with E-state index in [1.54, 1.807) is 18.2 Å². The van der Waals surface area contributed by atoms with Crippen LogP contribution in [0.4, 0.5) is 0 Å². The van der Waals surface area contributed by atoms with Gasteiger partial charge in [0, 0.05) is 12.1 Å². The van der Waals surface area contributed by atoms with Gasteiger partial charge in [-0.2, -0.15) is 0 Å². The molecule has 2 aromatic carbocycles. The maximum Gasteiger partial charge on any atom is 0.253 e. The third kappa shape index (κ3) is 4.22. The quantitative estimate of drug-likeness (QED) is 0.647. The molecule has 0 saturated carbocycles. The Hall–Kier alpha value is -1.55. The number of nitrogens with one attached hydrogen (secondary N) is 1. The lowest BCUT2D eigenvalue weighted by Crippen LogP contribution is -2.57. The van der Waals surface area contributed by atoms with Crippen LogP contribution < -0.4 is 5.32 Å². The van der Waals surface area contributed by atoms with Crippen LogP contribution in [-0.4, -0.2) is 29.9 Å². The van der Waals surface area contributed by atoms with Crippen molar-refractivity contribution in [3.8, 4) is 0 Å². The summed E-state index contributed by atoms with van der Waals surface area (Å²) in [6.07, 6.45) is 3.36. The number of rotatable bonds is 5. The Morgan fingerprint density at radius 2 is 1.93 bits per heavy atom. The average molecular weight is 419 g/mol. The van der Waals surface area contributed by atoms with Crippen molar-refractivity contribution in [2.45, 2.75) is 44.7 Å². The van der Waals surface area contributed by atoms with Crippen molar-refractivity contribution in [3.05, 3.63) is 69.7 Å². The SMILES string of the molecule is CCC1CCC(C)([C@@H](NC(=O)c2cccc(Cl)c2Cl)c2ccccc2)N(C)C1. The molecule has 3 nitrogen and oxygen atoms in total. The number of amides is 1. The van der Waals surface area contributed by atoms with E-state index in [2.05, 4.69) is 43.2 Å². The van der Waals surface area contributed by atoms with Gasteiger partial charge in [0.15, 0.2) is 0 Å². The zero-order valence-corrected chi connectivity index (χ0v) is 18.2. The van der Waals surface area contributed by atoms with Crippen LogP contribution in [0.1, 0.15) is 55.1 Å². The number of piperidine rings is 1. The highest BCUT2D eigenvalue weighted by molar-refractivity contribution is 6.43. The van der Waals surface area contributed by atoms with Crippen molar-refractivity contribution in [1.29, 1.82) is 0 Å². The Labute approximate surface area is 178 Å². The highest BCUT2D eigenvalue weighted by Crippen LogP contribution is 2.40. The van der Waals surface area contributed by atoms with E-state index >= 15 is 0 Å². The standard InChI is InChI=1S/C23H28Cl2N2O/c1-4-16-13-14-23(2,27(3)15-16)21(17-9-6-5-7-10-17)26-22(28)18-11-8-12-19(24)20(18)25/h5-12,16,21H,4,13-15H2,1-3H3,(H,26,28)/t16?,21-,23?/m0/s1. The molecule has 2 aromatic rings. The summed E-state index contributed by atoms with van der Waals surface area (Å²) in [6, 6.07) is 15.2. The number of hydrogen-bond acceptors (Lipinski definition) is 2. The Bertz CT molecular complexity index is 827. The lowest BCUT2D eigenvalue weighted by atomic mass is 9.75. The lowest BCUT2D eigenvalue weighted by Gasteiger charge is -2.50. The van der Waals surface area contributed by atoms with E-state index in [9.17, 15) is 4.79 Å². The van der Waals surface area contributed by atoms with Crippen LogP contribution in [0.3, 0.4) is 0 Å². The van der Waals surface area contributed by atoms with Gasteiger partial charge in [-0.05, 0) is 50.4 Å². The molecule has 0 aromatic heterocycles. The fraction of sp³-hybridized carbons (Fsp3) is 0.435. The Balaban J connectivity index is 1.94. The van der Waals surface area contributed by atoms with Gasteiger partial charge in [-0.25, -0.2) is 0 Å². The molecule has 150 valence electrons. The van der Waals surface area contributed by atoms with Crippen LogP contribution in [0.15, 0.2) is 48.5 Å². The number of hydrogen-bond donors (Lipinski definition) is 1. The van der Waals surface area contributed by atoms with Crippen molar-refractivity contribution in [2.24, 2.45) is 5.92 Å². The molecule has 5 heteroatoms. The molecular formula is C23H28Cl2N2O. The Morgan fingerprint density at radius 3 is 2.57 bits per heavy atom. The summed E-state index contributed by atoms with van der Waals surface area (Å²) in [7, 11) is 2.16. The molecule has 0 bridgehead atoms. The average Bonchev–Trinajstić information content (AvgIpc) is 2.70. The van der Waals surface area contributed by atoms with Crippen LogP contribution in [0.25, 0.3) is 0 Å². The van der Waals surface area contributed by atoms with Crippen LogP contribution in [0.5, 0.6) is 0 Å². The highest BCUT2D eigenvalue weighted by atomic mass is 35.5. The molecule has 1 saturated heterocycles. The van der Waals surface area contributed by atoms with E-state index in [0.29, 0.717) is 21.5 Å². The minimum absolute atomic E-state index is 0.154. The van der Waals surface area contributed by atoms with E-state index < -0.39 is 0 Å². The highest BCUT2D eigenvalue weighted by Gasteiger charge is 2.43. The molecule has 1 heterocycles. The molecule has 1 fully saturated rings. The van der Waals surface area contributed by atoms with Gasteiger partial charge in [0.05, 0.1) is 21.7 Å². The Morgan fingerprint density at radius 1 is 1.21 bits per heavy atom. The maximum atomic E-state index is 13.1. The van der Waals surface area contributed by atoms with Gasteiger partial charge in [-0.3, -0.25) is 9.69 Å². The van der Waals surface area contributed by atoms with E-state index in [0.717, 1.165) is 24.9 Å². The third-order valence-electron chi connectivity index (χ3n) is 6.27. The second-order valence-electron chi connectivity index (χ2n) is 7.97. The number of halogens is 2. The summed E-state index contributed by atoms with van der Waals surface area (Å²) in [4.78, 5) is 15.5. The van der Waals surface area contributed by atoms with Gasteiger partial charge < -0.3 is 5.32 Å². The minimum Gasteiger partial charge on any atom is -0.343 e. The van der Waals surface area contributed by atoms with Gasteiger partial charge in [0.1, 0.15) is 0 Å². The summed E-state index contributed by atoms with van der Waals surface area (Å²) in [6.45, 7) is 5.53. The molecule has 1 N–H and O–H groups in total. The summed E-state index contributed by atoms with van der Waals surface area (Å²) >= 11 is 12.4. The molecule has 0 aliphatic carbocycles. The van der Waals surface area contributed by atoms with Gasteiger partial charge >= 0.3 is 0 Å². The normalized spacial score (nSPS) is 24.0. The predicted octanol–water partition coefficient (Wildman–Crippen LogP) is 5.98. The van der Waals surface area contributed by atoms with Crippen molar-refractivity contribution >= 4 is 29.1 Å². The van der Waals surface area contributed by atoms with E-state index in [4.69, 9.17) is 23.2 Å². The van der Waals surface area contributed by atoms with Gasteiger partial charge in [0.25, 0.3) is 5.91 Å². The summed E-state index contributed by atoms with van der Waals surface area (Å²) in [5.41, 5.74) is 1.31. The fourth-order valence-corrected chi connectivity index (χ4v) is 4.59. The van der Waals surface area contributed by atoms with E-state index in [-0.39, 0.29) is 17.5 Å². The molecule has 1 aliphatic rings. The summed E-state index contributed by atoms with van der Waals surface area (Å²) in [5.74, 6) is 0.501. The number of carbonyl (C=O) groups is 1. The summed E-state index contributed by atoms with van der Waals surface area (Å²) in [5, 5.41) is 3.95. The first kappa shape index (κ1) is 21.2. The number of nitrogens with zero attached hydrogens (tertiary/aromatic N) is 1. The first-order valence-electron chi connectivity index (χ1n) is 9.88. The van der Waals surface area contributed by atoms with Crippen molar-refractivity contribution in [3.63, 3.8) is 0 Å². The van der Waals surface area contributed by atoms with E-state index in [1.165, 1.54) is 6.42 Å². The predicted molar refractivity (Wildman–Crippen MR) is 117 cm³/mol. The van der Waals surface area contributed by atoms with E-state index in [1.807, 2.05) is 18.2 Å². The summed E-state index contributed by atoms with van der Waals surface area (Å²) < 4.78 is 0. The minimum atomic E-state index is -0.200. The number of likely N-dealkylation sites (tertiary alicyclic amines) is 1. The fourth-order valence-electron chi connectivity index (χ4n) is 4.20. The van der Waals surface area contributed by atoms with Gasteiger partial charge in [0.2, 0.25) is 0 Å². The molecule has 28 heavy (non-hydrogen) atoms. The largest absolute Gasteiger partial charge is 0.343 e. The molecule has 1 amide bonds. The second kappa shape index (κ2) is 8.86. The molecule has 2 unspecified atom stereocenters. The molecular weight excluding hydrogens is 391 g/mol. The first-order chi connectivity index (χ1) is 13.4. The topological polar surface area (TPSA) is 32.3 Å². The van der Waals surface area contributed by atoms with Crippen LogP contribution in [-0.2, 0) is 0 Å². The molecule has 0 spiro atoms. The monoisotopic (exact) mass is 418 g/mol. The zero-order chi connectivity index (χ0) is 20.3. The molecule has 0 radical (unpaired) electrons. The lowest BCUT2D eigenvalue weighted by molar-refractivity contribution is 0.0229. The van der Waals surface area contributed by atoms with Crippen molar-refractivity contribution in [2.75, 3.05) is 13.6 Å². The first-order valence-corrected chi connectivity index (χ1v) is 10.6. The Kier molecular flexibility index (Phi) is 6.69. The smallest absolute Gasteiger partial charge is 0.253 e. The van der Waals surface area contributed by atoms with Crippen LogP contribution in [0, 0.1) is 5.92 Å². The molecule has 1 aliphatic heterocycles. The number of benzene rings is 2. The van der Waals surface area contributed by atoms with Crippen molar-refractivity contribution in [1.82, 2.24) is 10.2 Å². The third-order valence-corrected chi connectivity index (χ3v) is 7.09. The second-order valence-corrected chi connectivity index (χ2v) is 8.75. The number of likely N-dealkylation sites (N-methyl/N-ethyl adjacent to an activating group) is 1. The van der Waals surface area contributed by atoms with Gasteiger partial charge in [-0.15, -0.1) is 0 Å². The van der Waals surface area contributed by atoms with Crippen molar-refractivity contribution < 1.29 is 4.79 Å². The molecule has 3 atom stereocenters. The van der Waals surface area contributed by atoms with Crippen LogP contribution >= 0.6 is 23.2 Å². The van der Waals surface area contributed by atoms with Crippen LogP contribution in [0.2, 0.25) is 10.0 Å². The zero-order valence-electron chi connectivity index (χ0n) is 16.7.